The smallest absolute Gasteiger partial charge is 0.157 e. The van der Waals surface area contributed by atoms with Crippen LogP contribution in [0.4, 0.5) is 0 Å². The van der Waals surface area contributed by atoms with Crippen molar-refractivity contribution in [2.75, 3.05) is 13.2 Å². The summed E-state index contributed by atoms with van der Waals surface area (Å²) >= 11 is 0. The van der Waals surface area contributed by atoms with Gasteiger partial charge in [0.25, 0.3) is 0 Å². The highest BCUT2D eigenvalue weighted by atomic mass is 16.5. The van der Waals surface area contributed by atoms with Crippen LogP contribution in [0.3, 0.4) is 0 Å². The predicted octanol–water partition coefficient (Wildman–Crippen LogP) is 2.63. The molecular weight excluding hydrogens is 238 g/mol. The van der Waals surface area contributed by atoms with Crippen molar-refractivity contribution in [2.24, 2.45) is 0 Å². The molecule has 0 saturated heterocycles. The molecule has 0 aliphatic rings. The predicted molar refractivity (Wildman–Crippen MR) is 76.3 cm³/mol. The molecule has 19 heavy (non-hydrogen) atoms. The molecular formula is C15H21N3O. The molecule has 0 amide bonds. The van der Waals surface area contributed by atoms with E-state index in [0.717, 1.165) is 18.8 Å². The molecule has 0 unspecified atom stereocenters. The van der Waals surface area contributed by atoms with Crippen molar-refractivity contribution < 1.29 is 4.74 Å². The van der Waals surface area contributed by atoms with Crippen molar-refractivity contribution in [2.45, 2.75) is 26.4 Å². The van der Waals surface area contributed by atoms with Crippen LogP contribution in [0.1, 0.15) is 25.5 Å². The van der Waals surface area contributed by atoms with Gasteiger partial charge in [0, 0.05) is 19.1 Å². The van der Waals surface area contributed by atoms with E-state index in [1.807, 2.05) is 29.1 Å². The van der Waals surface area contributed by atoms with Crippen LogP contribution in [0.15, 0.2) is 42.7 Å². The van der Waals surface area contributed by atoms with E-state index in [1.54, 1.807) is 6.20 Å². The van der Waals surface area contributed by atoms with Gasteiger partial charge in [-0.25, -0.2) is 0 Å². The lowest BCUT2D eigenvalue weighted by Crippen LogP contribution is -2.20. The van der Waals surface area contributed by atoms with E-state index in [0.29, 0.717) is 12.6 Å². The van der Waals surface area contributed by atoms with E-state index < -0.39 is 0 Å². The van der Waals surface area contributed by atoms with Gasteiger partial charge in [-0.15, -0.1) is 0 Å². The molecule has 0 radical (unpaired) electrons. The van der Waals surface area contributed by atoms with E-state index in [4.69, 9.17) is 4.74 Å². The SMILES string of the molecule is CC(C)n1cc(OCCNCc2ccccc2)cn1. The van der Waals surface area contributed by atoms with Crippen molar-refractivity contribution in [3.05, 3.63) is 48.3 Å². The van der Waals surface area contributed by atoms with Crippen LogP contribution in [-0.4, -0.2) is 22.9 Å². The Labute approximate surface area is 114 Å². The van der Waals surface area contributed by atoms with Gasteiger partial charge in [-0.1, -0.05) is 30.3 Å². The first-order chi connectivity index (χ1) is 9.25. The Morgan fingerprint density at radius 1 is 1.26 bits per heavy atom. The quantitative estimate of drug-likeness (QED) is 0.777. The number of nitrogens with zero attached hydrogens (tertiary/aromatic N) is 2. The topological polar surface area (TPSA) is 39.1 Å². The fraction of sp³-hybridized carbons (Fsp3) is 0.400. The Hall–Kier alpha value is -1.81. The van der Waals surface area contributed by atoms with Gasteiger partial charge < -0.3 is 10.1 Å². The second-order valence-corrected chi connectivity index (χ2v) is 4.76. The summed E-state index contributed by atoms with van der Waals surface area (Å²) < 4.78 is 7.52. The zero-order chi connectivity index (χ0) is 13.5. The maximum absolute atomic E-state index is 5.63. The number of hydrogen-bond donors (Lipinski definition) is 1. The van der Waals surface area contributed by atoms with Crippen LogP contribution in [0, 0.1) is 0 Å². The molecule has 102 valence electrons. The molecule has 1 aromatic carbocycles. The molecule has 1 N–H and O–H groups in total. The van der Waals surface area contributed by atoms with E-state index in [2.05, 4.69) is 36.4 Å². The number of ether oxygens (including phenoxy) is 1. The molecule has 4 nitrogen and oxygen atoms in total. The van der Waals surface area contributed by atoms with Crippen molar-refractivity contribution in [1.82, 2.24) is 15.1 Å². The van der Waals surface area contributed by atoms with Gasteiger partial charge in [-0.05, 0) is 19.4 Å². The summed E-state index contributed by atoms with van der Waals surface area (Å²) in [5.41, 5.74) is 1.29. The van der Waals surface area contributed by atoms with Crippen molar-refractivity contribution in [3.8, 4) is 5.75 Å². The molecule has 2 aromatic rings. The standard InChI is InChI=1S/C15H21N3O/c1-13(2)18-12-15(11-17-18)19-9-8-16-10-14-6-4-3-5-7-14/h3-7,11-13,16H,8-10H2,1-2H3. The van der Waals surface area contributed by atoms with E-state index in [-0.39, 0.29) is 0 Å². The summed E-state index contributed by atoms with van der Waals surface area (Å²) in [6, 6.07) is 10.7. The number of hydrogen-bond acceptors (Lipinski definition) is 3. The zero-order valence-electron chi connectivity index (χ0n) is 11.5. The molecule has 0 fully saturated rings. The fourth-order valence-corrected chi connectivity index (χ4v) is 1.75. The second kappa shape index (κ2) is 6.95. The Balaban J connectivity index is 1.64. The first-order valence-corrected chi connectivity index (χ1v) is 6.67. The Morgan fingerprint density at radius 3 is 2.74 bits per heavy atom. The highest BCUT2D eigenvalue weighted by Gasteiger charge is 2.01. The summed E-state index contributed by atoms with van der Waals surface area (Å²) in [6.07, 6.45) is 3.69. The van der Waals surface area contributed by atoms with Crippen molar-refractivity contribution in [1.29, 1.82) is 0 Å². The Morgan fingerprint density at radius 2 is 2.05 bits per heavy atom. The highest BCUT2D eigenvalue weighted by molar-refractivity contribution is 5.14. The van der Waals surface area contributed by atoms with Crippen molar-refractivity contribution >= 4 is 0 Å². The molecule has 2 rings (SSSR count). The van der Waals surface area contributed by atoms with E-state index in [9.17, 15) is 0 Å². The normalized spacial score (nSPS) is 10.9. The summed E-state index contributed by atoms with van der Waals surface area (Å²) in [4.78, 5) is 0. The Kier molecular flexibility index (Phi) is 4.98. The lowest BCUT2D eigenvalue weighted by atomic mass is 10.2. The van der Waals surface area contributed by atoms with Crippen molar-refractivity contribution in [3.63, 3.8) is 0 Å². The average Bonchev–Trinajstić information content (AvgIpc) is 2.89. The van der Waals surface area contributed by atoms with Gasteiger partial charge in [0.05, 0.1) is 12.4 Å². The Bertz CT molecular complexity index is 479. The number of aromatic nitrogens is 2. The maximum atomic E-state index is 5.63. The maximum Gasteiger partial charge on any atom is 0.157 e. The van der Waals surface area contributed by atoms with Crippen LogP contribution in [0.25, 0.3) is 0 Å². The number of nitrogens with one attached hydrogen (secondary N) is 1. The van der Waals surface area contributed by atoms with E-state index >= 15 is 0 Å². The molecule has 0 atom stereocenters. The van der Waals surface area contributed by atoms with Gasteiger partial charge in [0.2, 0.25) is 0 Å². The lowest BCUT2D eigenvalue weighted by molar-refractivity contribution is 0.313. The molecule has 1 aromatic heterocycles. The molecule has 0 bridgehead atoms. The molecule has 4 heteroatoms. The van der Waals surface area contributed by atoms with Gasteiger partial charge >= 0.3 is 0 Å². The van der Waals surface area contributed by atoms with Gasteiger partial charge in [-0.3, -0.25) is 4.68 Å². The third-order valence-corrected chi connectivity index (χ3v) is 2.83. The van der Waals surface area contributed by atoms with Crippen LogP contribution in [0.2, 0.25) is 0 Å². The van der Waals surface area contributed by atoms with Crippen LogP contribution < -0.4 is 10.1 Å². The van der Waals surface area contributed by atoms with Gasteiger partial charge in [0.15, 0.2) is 5.75 Å². The number of benzene rings is 1. The summed E-state index contributed by atoms with van der Waals surface area (Å²) in [5, 5.41) is 7.58. The van der Waals surface area contributed by atoms with Crippen LogP contribution in [-0.2, 0) is 6.54 Å². The fourth-order valence-electron chi connectivity index (χ4n) is 1.75. The molecule has 1 heterocycles. The zero-order valence-corrected chi connectivity index (χ0v) is 11.5. The summed E-state index contributed by atoms with van der Waals surface area (Å²) in [5.74, 6) is 0.829. The molecule has 0 spiro atoms. The highest BCUT2D eigenvalue weighted by Crippen LogP contribution is 2.11. The molecule has 0 saturated carbocycles. The monoisotopic (exact) mass is 259 g/mol. The van der Waals surface area contributed by atoms with E-state index in [1.165, 1.54) is 5.56 Å². The summed E-state index contributed by atoms with van der Waals surface area (Å²) in [7, 11) is 0. The second-order valence-electron chi connectivity index (χ2n) is 4.76. The minimum absolute atomic E-state index is 0.369. The molecule has 0 aliphatic carbocycles. The summed E-state index contributed by atoms with van der Waals surface area (Å²) in [6.45, 7) is 6.53. The van der Waals surface area contributed by atoms with Crippen LogP contribution >= 0.6 is 0 Å². The van der Waals surface area contributed by atoms with Gasteiger partial charge in [-0.2, -0.15) is 5.10 Å². The first kappa shape index (κ1) is 13.6. The molecule has 0 aliphatic heterocycles. The average molecular weight is 259 g/mol. The van der Waals surface area contributed by atoms with Crippen LogP contribution in [0.5, 0.6) is 5.75 Å². The first-order valence-electron chi connectivity index (χ1n) is 6.67. The third-order valence-electron chi connectivity index (χ3n) is 2.83. The third kappa shape index (κ3) is 4.41. The minimum Gasteiger partial charge on any atom is -0.489 e. The number of rotatable bonds is 7. The lowest BCUT2D eigenvalue weighted by Gasteiger charge is -2.06. The largest absolute Gasteiger partial charge is 0.489 e. The van der Waals surface area contributed by atoms with Gasteiger partial charge in [0.1, 0.15) is 6.61 Å². The minimum atomic E-state index is 0.369.